The van der Waals surface area contributed by atoms with E-state index in [9.17, 15) is 0 Å². The Morgan fingerprint density at radius 1 is 1.28 bits per heavy atom. The van der Waals surface area contributed by atoms with E-state index < -0.39 is 0 Å². The fourth-order valence-electron chi connectivity index (χ4n) is 1.55. The summed E-state index contributed by atoms with van der Waals surface area (Å²) in [5.74, 6) is 5.93. The maximum atomic E-state index is 8.64. The van der Waals surface area contributed by atoms with Crippen LogP contribution in [0.5, 0.6) is 0 Å². The van der Waals surface area contributed by atoms with Crippen LogP contribution in [0.3, 0.4) is 0 Å². The SMILES string of the molecule is COCCN(C)Cc1ccc(C#CCCO)cc1. The van der Waals surface area contributed by atoms with Crippen molar-refractivity contribution >= 4 is 0 Å². The summed E-state index contributed by atoms with van der Waals surface area (Å²) >= 11 is 0. The van der Waals surface area contributed by atoms with Crippen LogP contribution in [0.1, 0.15) is 17.5 Å². The Hall–Kier alpha value is -1.34. The molecule has 3 nitrogen and oxygen atoms in total. The molecule has 3 heteroatoms. The Morgan fingerprint density at radius 3 is 2.61 bits per heavy atom. The summed E-state index contributed by atoms with van der Waals surface area (Å²) < 4.78 is 5.04. The molecule has 1 rings (SSSR count). The van der Waals surface area contributed by atoms with Crippen LogP contribution in [0, 0.1) is 11.8 Å². The smallest absolute Gasteiger partial charge is 0.0589 e. The largest absolute Gasteiger partial charge is 0.395 e. The van der Waals surface area contributed by atoms with Gasteiger partial charge in [-0.25, -0.2) is 0 Å². The van der Waals surface area contributed by atoms with Crippen LogP contribution >= 0.6 is 0 Å². The highest BCUT2D eigenvalue weighted by atomic mass is 16.5. The molecule has 0 fully saturated rings. The molecule has 0 bridgehead atoms. The van der Waals surface area contributed by atoms with Gasteiger partial charge in [0, 0.05) is 32.2 Å². The van der Waals surface area contributed by atoms with Gasteiger partial charge >= 0.3 is 0 Å². The molecule has 0 radical (unpaired) electrons. The maximum absolute atomic E-state index is 8.64. The summed E-state index contributed by atoms with van der Waals surface area (Å²) in [5.41, 5.74) is 2.26. The summed E-state index contributed by atoms with van der Waals surface area (Å²) in [4.78, 5) is 2.22. The molecule has 0 unspecified atom stereocenters. The first-order valence-electron chi connectivity index (χ1n) is 6.12. The number of ether oxygens (including phenoxy) is 1. The number of hydrogen-bond donors (Lipinski definition) is 1. The number of aliphatic hydroxyl groups excluding tert-OH is 1. The van der Waals surface area contributed by atoms with Crippen LogP contribution in [0.25, 0.3) is 0 Å². The molecule has 0 aliphatic rings. The molecule has 0 heterocycles. The van der Waals surface area contributed by atoms with Gasteiger partial charge in [-0.1, -0.05) is 24.0 Å². The van der Waals surface area contributed by atoms with Crippen molar-refractivity contribution in [3.63, 3.8) is 0 Å². The van der Waals surface area contributed by atoms with Crippen molar-refractivity contribution in [1.82, 2.24) is 4.90 Å². The van der Waals surface area contributed by atoms with Gasteiger partial charge in [-0.3, -0.25) is 4.90 Å². The first-order chi connectivity index (χ1) is 8.76. The van der Waals surface area contributed by atoms with Gasteiger partial charge < -0.3 is 9.84 Å². The van der Waals surface area contributed by atoms with Crippen LogP contribution < -0.4 is 0 Å². The Kier molecular flexibility index (Phi) is 7.12. The molecule has 0 aliphatic heterocycles. The zero-order valence-corrected chi connectivity index (χ0v) is 11.1. The summed E-state index contributed by atoms with van der Waals surface area (Å²) in [6.07, 6.45) is 0.529. The summed E-state index contributed by atoms with van der Waals surface area (Å²) in [5, 5.41) is 8.64. The molecule has 0 saturated carbocycles. The Bertz CT molecular complexity index is 389. The number of aliphatic hydroxyl groups is 1. The number of methoxy groups -OCH3 is 1. The van der Waals surface area contributed by atoms with Gasteiger partial charge in [0.25, 0.3) is 0 Å². The fraction of sp³-hybridized carbons (Fsp3) is 0.467. The highest BCUT2D eigenvalue weighted by molar-refractivity contribution is 5.36. The van der Waals surface area contributed by atoms with E-state index >= 15 is 0 Å². The van der Waals surface area contributed by atoms with E-state index in [0.29, 0.717) is 6.42 Å². The van der Waals surface area contributed by atoms with E-state index in [1.807, 2.05) is 12.1 Å². The summed E-state index contributed by atoms with van der Waals surface area (Å²) in [6, 6.07) is 8.21. The first kappa shape index (κ1) is 14.7. The van der Waals surface area contributed by atoms with Crippen molar-refractivity contribution in [2.24, 2.45) is 0 Å². The second-order valence-corrected chi connectivity index (χ2v) is 4.20. The van der Waals surface area contributed by atoms with Gasteiger partial charge in [-0.05, 0) is 24.7 Å². The van der Waals surface area contributed by atoms with Gasteiger partial charge in [0.05, 0.1) is 13.2 Å². The third-order valence-corrected chi connectivity index (χ3v) is 2.55. The molecular formula is C15H21NO2. The van der Waals surface area contributed by atoms with Gasteiger partial charge in [-0.15, -0.1) is 0 Å². The maximum Gasteiger partial charge on any atom is 0.0589 e. The van der Waals surface area contributed by atoms with Crippen LogP contribution in [-0.2, 0) is 11.3 Å². The Balaban J connectivity index is 2.48. The number of nitrogens with zero attached hydrogens (tertiary/aromatic N) is 1. The van der Waals surface area contributed by atoms with Gasteiger partial charge in [0.15, 0.2) is 0 Å². The zero-order valence-electron chi connectivity index (χ0n) is 11.1. The Labute approximate surface area is 109 Å². The van der Waals surface area contributed by atoms with Gasteiger partial charge in [0.2, 0.25) is 0 Å². The fourth-order valence-corrected chi connectivity index (χ4v) is 1.55. The average Bonchev–Trinajstić information content (AvgIpc) is 2.39. The minimum Gasteiger partial charge on any atom is -0.395 e. The third-order valence-electron chi connectivity index (χ3n) is 2.55. The number of benzene rings is 1. The first-order valence-corrected chi connectivity index (χ1v) is 6.12. The normalized spacial score (nSPS) is 10.2. The molecule has 0 spiro atoms. The lowest BCUT2D eigenvalue weighted by atomic mass is 10.1. The second-order valence-electron chi connectivity index (χ2n) is 4.20. The molecule has 0 amide bonds. The lowest BCUT2D eigenvalue weighted by Crippen LogP contribution is -2.22. The minimum absolute atomic E-state index is 0.120. The van der Waals surface area contributed by atoms with Crippen LogP contribution in [0.2, 0.25) is 0 Å². The summed E-state index contributed by atoms with van der Waals surface area (Å²) in [7, 11) is 3.79. The van der Waals surface area contributed by atoms with E-state index in [2.05, 4.69) is 35.9 Å². The van der Waals surface area contributed by atoms with Crippen LogP contribution in [-0.4, -0.2) is 43.9 Å². The minimum atomic E-state index is 0.120. The molecule has 18 heavy (non-hydrogen) atoms. The molecule has 0 saturated heterocycles. The third kappa shape index (κ3) is 5.83. The average molecular weight is 247 g/mol. The van der Waals surface area contributed by atoms with E-state index in [-0.39, 0.29) is 6.61 Å². The lowest BCUT2D eigenvalue weighted by molar-refractivity contribution is 0.158. The molecule has 0 aliphatic carbocycles. The van der Waals surface area contributed by atoms with Crippen molar-refractivity contribution in [2.75, 3.05) is 33.9 Å². The standard InChI is InChI=1S/C15H21NO2/c1-16(10-12-18-2)13-15-8-6-14(7-9-15)5-3-4-11-17/h6-9,17H,4,10-13H2,1-2H3. The van der Waals surface area contributed by atoms with Gasteiger partial charge in [-0.2, -0.15) is 0 Å². The van der Waals surface area contributed by atoms with E-state index in [1.165, 1.54) is 5.56 Å². The van der Waals surface area contributed by atoms with Crippen molar-refractivity contribution in [3.8, 4) is 11.8 Å². The molecule has 1 N–H and O–H groups in total. The highest BCUT2D eigenvalue weighted by Gasteiger charge is 1.99. The number of hydrogen-bond acceptors (Lipinski definition) is 3. The monoisotopic (exact) mass is 247 g/mol. The number of likely N-dealkylation sites (N-methyl/N-ethyl adjacent to an activating group) is 1. The topological polar surface area (TPSA) is 32.7 Å². The highest BCUT2D eigenvalue weighted by Crippen LogP contribution is 2.06. The van der Waals surface area contributed by atoms with Crippen molar-refractivity contribution in [1.29, 1.82) is 0 Å². The molecule has 98 valence electrons. The van der Waals surface area contributed by atoms with Crippen molar-refractivity contribution in [2.45, 2.75) is 13.0 Å². The van der Waals surface area contributed by atoms with E-state index in [0.717, 1.165) is 25.3 Å². The number of rotatable bonds is 6. The lowest BCUT2D eigenvalue weighted by Gasteiger charge is -2.15. The predicted molar refractivity (Wildman–Crippen MR) is 73.2 cm³/mol. The molecule has 1 aromatic carbocycles. The van der Waals surface area contributed by atoms with Crippen LogP contribution in [0.15, 0.2) is 24.3 Å². The Morgan fingerprint density at radius 2 is 2.00 bits per heavy atom. The second kappa shape index (κ2) is 8.71. The van der Waals surface area contributed by atoms with E-state index in [4.69, 9.17) is 9.84 Å². The zero-order chi connectivity index (χ0) is 13.2. The van der Waals surface area contributed by atoms with E-state index in [1.54, 1.807) is 7.11 Å². The predicted octanol–water partition coefficient (Wildman–Crippen LogP) is 1.50. The molecule has 0 aromatic heterocycles. The quantitative estimate of drug-likeness (QED) is 0.773. The van der Waals surface area contributed by atoms with Crippen molar-refractivity contribution in [3.05, 3.63) is 35.4 Å². The van der Waals surface area contributed by atoms with Crippen molar-refractivity contribution < 1.29 is 9.84 Å². The molecule has 1 aromatic rings. The molecular weight excluding hydrogens is 226 g/mol. The van der Waals surface area contributed by atoms with Crippen LogP contribution in [0.4, 0.5) is 0 Å². The van der Waals surface area contributed by atoms with Gasteiger partial charge in [0.1, 0.15) is 0 Å². The summed E-state index contributed by atoms with van der Waals surface area (Å²) in [6.45, 7) is 2.71. The molecule has 0 atom stereocenters.